The molecule has 2 aromatic rings. The number of hydrogen-bond donors (Lipinski definition) is 2. The molecule has 36 heavy (non-hydrogen) atoms. The zero-order chi connectivity index (χ0) is 25.8. The molecule has 194 valence electrons. The van der Waals surface area contributed by atoms with Crippen LogP contribution in [-0.2, 0) is 27.7 Å². The molecule has 0 spiro atoms. The SMILES string of the molecule is O=C1[C@@H](NS(=O)(=O)C2CC2)CCN1[C@@H](c1ccc(NC2Cc3ccc(Cl)c(F)c3C2)cn1)C(F)(F)F. The predicted molar refractivity (Wildman–Crippen MR) is 124 cm³/mol. The Bertz CT molecular complexity index is 1290. The van der Waals surface area contributed by atoms with Gasteiger partial charge >= 0.3 is 6.18 Å². The molecule has 0 bridgehead atoms. The average Bonchev–Trinajstić information content (AvgIpc) is 3.52. The Kier molecular flexibility index (Phi) is 6.40. The Labute approximate surface area is 210 Å². The van der Waals surface area contributed by atoms with E-state index in [0.717, 1.165) is 5.56 Å². The van der Waals surface area contributed by atoms with E-state index in [4.69, 9.17) is 11.6 Å². The lowest BCUT2D eigenvalue weighted by Gasteiger charge is -2.29. The Morgan fingerprint density at radius 2 is 1.86 bits per heavy atom. The van der Waals surface area contributed by atoms with Crippen LogP contribution >= 0.6 is 11.6 Å². The number of hydrogen-bond acceptors (Lipinski definition) is 5. The zero-order valence-corrected chi connectivity index (χ0v) is 20.4. The highest BCUT2D eigenvalue weighted by atomic mass is 35.5. The maximum absolute atomic E-state index is 14.3. The number of pyridine rings is 1. The summed E-state index contributed by atoms with van der Waals surface area (Å²) >= 11 is 5.85. The van der Waals surface area contributed by atoms with E-state index in [1.807, 2.05) is 0 Å². The van der Waals surface area contributed by atoms with Crippen molar-refractivity contribution in [1.82, 2.24) is 14.6 Å². The van der Waals surface area contributed by atoms with Crippen molar-refractivity contribution in [1.29, 1.82) is 0 Å². The van der Waals surface area contributed by atoms with Crippen molar-refractivity contribution in [3.63, 3.8) is 0 Å². The van der Waals surface area contributed by atoms with Crippen LogP contribution in [0.25, 0.3) is 0 Å². The number of sulfonamides is 1. The molecule has 1 aromatic heterocycles. The highest BCUT2D eigenvalue weighted by Crippen LogP contribution is 2.40. The van der Waals surface area contributed by atoms with Gasteiger partial charge in [0.1, 0.15) is 11.9 Å². The molecule has 3 aliphatic rings. The second-order valence-corrected chi connectivity index (χ2v) is 11.8. The van der Waals surface area contributed by atoms with Crippen LogP contribution in [0.1, 0.15) is 42.1 Å². The van der Waals surface area contributed by atoms with Crippen molar-refractivity contribution in [3.8, 4) is 0 Å². The fourth-order valence-electron chi connectivity index (χ4n) is 4.86. The molecule has 1 amide bonds. The number of carbonyl (C=O) groups excluding carboxylic acids is 1. The third-order valence-corrected chi connectivity index (χ3v) is 9.03. The smallest absolute Gasteiger partial charge is 0.380 e. The van der Waals surface area contributed by atoms with Crippen LogP contribution in [0.15, 0.2) is 30.5 Å². The summed E-state index contributed by atoms with van der Waals surface area (Å²) in [7, 11) is -3.73. The summed E-state index contributed by atoms with van der Waals surface area (Å²) in [4.78, 5) is 17.4. The molecule has 7 nitrogen and oxygen atoms in total. The number of carbonyl (C=O) groups is 1. The molecule has 2 fully saturated rings. The van der Waals surface area contributed by atoms with Crippen molar-refractivity contribution in [2.45, 2.75) is 61.7 Å². The fourth-order valence-corrected chi connectivity index (χ4v) is 6.60. The Morgan fingerprint density at radius 3 is 2.50 bits per heavy atom. The van der Waals surface area contributed by atoms with Crippen LogP contribution in [0.4, 0.5) is 23.2 Å². The molecule has 3 atom stereocenters. The fraction of sp³-hybridized carbons (Fsp3) is 0.478. The normalized spacial score (nSPS) is 23.1. The van der Waals surface area contributed by atoms with E-state index in [-0.39, 0.29) is 29.7 Å². The first-order valence-electron chi connectivity index (χ1n) is 11.5. The minimum atomic E-state index is -4.81. The van der Waals surface area contributed by atoms with Crippen molar-refractivity contribution in [2.75, 3.05) is 11.9 Å². The van der Waals surface area contributed by atoms with Gasteiger partial charge in [-0.05, 0) is 61.4 Å². The molecule has 2 heterocycles. The lowest BCUT2D eigenvalue weighted by molar-refractivity contribution is -0.190. The molecule has 0 radical (unpaired) electrons. The van der Waals surface area contributed by atoms with Crippen LogP contribution in [0.3, 0.4) is 0 Å². The molecule has 1 saturated carbocycles. The van der Waals surface area contributed by atoms with Crippen molar-refractivity contribution < 1.29 is 30.8 Å². The number of rotatable bonds is 7. The number of aromatic nitrogens is 1. The summed E-state index contributed by atoms with van der Waals surface area (Å²) in [6, 6.07) is 2.16. The third kappa shape index (κ3) is 4.90. The van der Waals surface area contributed by atoms with Gasteiger partial charge in [0.05, 0.1) is 27.9 Å². The highest BCUT2D eigenvalue weighted by molar-refractivity contribution is 7.90. The van der Waals surface area contributed by atoms with E-state index in [1.165, 1.54) is 24.4 Å². The van der Waals surface area contributed by atoms with Crippen LogP contribution in [0, 0.1) is 5.82 Å². The van der Waals surface area contributed by atoms with Crippen LogP contribution < -0.4 is 10.0 Å². The van der Waals surface area contributed by atoms with Gasteiger partial charge in [0.25, 0.3) is 0 Å². The molecule has 1 aromatic carbocycles. The number of nitrogens with one attached hydrogen (secondary N) is 2. The minimum absolute atomic E-state index is 0.0395. The van der Waals surface area contributed by atoms with Gasteiger partial charge in [0.2, 0.25) is 15.9 Å². The zero-order valence-electron chi connectivity index (χ0n) is 18.9. The first-order valence-corrected chi connectivity index (χ1v) is 13.4. The molecular weight excluding hydrogens is 524 g/mol. The molecule has 13 heteroatoms. The summed E-state index contributed by atoms with van der Waals surface area (Å²) in [5, 5.41) is 2.61. The van der Waals surface area contributed by atoms with Gasteiger partial charge in [-0.15, -0.1) is 0 Å². The van der Waals surface area contributed by atoms with Crippen LogP contribution in [0.2, 0.25) is 5.02 Å². The van der Waals surface area contributed by atoms with E-state index in [2.05, 4.69) is 15.0 Å². The number of benzene rings is 1. The van der Waals surface area contributed by atoms with Gasteiger partial charge in [0, 0.05) is 12.6 Å². The summed E-state index contributed by atoms with van der Waals surface area (Å²) < 4.78 is 83.0. The third-order valence-electron chi connectivity index (χ3n) is 6.78. The molecule has 1 unspecified atom stereocenters. The monoisotopic (exact) mass is 546 g/mol. The number of amides is 1. The van der Waals surface area contributed by atoms with Crippen LogP contribution in [0.5, 0.6) is 0 Å². The number of fused-ring (bicyclic) bond motifs is 1. The summed E-state index contributed by atoms with van der Waals surface area (Å²) in [6.07, 6.45) is -1.78. The van der Waals surface area contributed by atoms with Gasteiger partial charge in [-0.2, -0.15) is 13.2 Å². The van der Waals surface area contributed by atoms with E-state index in [9.17, 15) is 30.8 Å². The van der Waals surface area contributed by atoms with Crippen LogP contribution in [-0.4, -0.2) is 54.3 Å². The molecule has 1 saturated heterocycles. The molecule has 2 N–H and O–H groups in total. The number of likely N-dealkylation sites (tertiary alicyclic amines) is 1. The summed E-state index contributed by atoms with van der Waals surface area (Å²) in [5.41, 5.74) is 1.41. The maximum Gasteiger partial charge on any atom is 0.414 e. The predicted octanol–water partition coefficient (Wildman–Crippen LogP) is 3.74. The Hall–Kier alpha value is -2.44. The molecular formula is C23H23ClF4N4O3S. The van der Waals surface area contributed by atoms with Crippen molar-refractivity contribution in [2.24, 2.45) is 0 Å². The molecule has 5 rings (SSSR count). The summed E-state index contributed by atoms with van der Waals surface area (Å²) in [6.45, 7) is -0.253. The lowest BCUT2D eigenvalue weighted by atomic mass is 10.1. The molecule has 1 aliphatic heterocycles. The van der Waals surface area contributed by atoms with E-state index in [1.54, 1.807) is 6.07 Å². The van der Waals surface area contributed by atoms with E-state index in [0.29, 0.717) is 41.8 Å². The number of alkyl halides is 3. The maximum atomic E-state index is 14.3. The second kappa shape index (κ2) is 9.14. The highest BCUT2D eigenvalue weighted by Gasteiger charge is 2.51. The van der Waals surface area contributed by atoms with E-state index >= 15 is 0 Å². The van der Waals surface area contributed by atoms with Gasteiger partial charge in [-0.1, -0.05) is 17.7 Å². The number of halogens is 5. The lowest BCUT2D eigenvalue weighted by Crippen LogP contribution is -2.46. The van der Waals surface area contributed by atoms with Gasteiger partial charge in [-0.3, -0.25) is 9.78 Å². The number of nitrogens with zero attached hydrogens (tertiary/aromatic N) is 2. The topological polar surface area (TPSA) is 91.4 Å². The largest absolute Gasteiger partial charge is 0.414 e. The van der Waals surface area contributed by atoms with E-state index < -0.39 is 45.3 Å². The first-order chi connectivity index (χ1) is 16.9. The van der Waals surface area contributed by atoms with Crippen molar-refractivity contribution in [3.05, 3.63) is 58.1 Å². The minimum Gasteiger partial charge on any atom is -0.380 e. The quantitative estimate of drug-likeness (QED) is 0.516. The van der Waals surface area contributed by atoms with Gasteiger partial charge in [-0.25, -0.2) is 17.5 Å². The first kappa shape index (κ1) is 25.2. The Balaban J connectivity index is 1.29. The van der Waals surface area contributed by atoms with Crippen molar-refractivity contribution >= 4 is 33.2 Å². The average molecular weight is 547 g/mol. The Morgan fingerprint density at radius 1 is 1.11 bits per heavy atom. The molecule has 2 aliphatic carbocycles. The standard InChI is InChI=1S/C23H23ClF4N4O3S/c24-17-5-1-12-9-14(10-16(12)20(17)25)30-13-2-6-18(29-11-13)21(23(26,27)28)32-8-7-19(22(32)33)31-36(34,35)15-3-4-15/h1-2,5-6,11,14-15,19,21,30-31H,3-4,7-10H2/t14?,19-,21-/m0/s1. The van der Waals surface area contributed by atoms with Gasteiger partial charge < -0.3 is 10.2 Å². The van der Waals surface area contributed by atoms with Gasteiger partial charge in [0.15, 0.2) is 6.04 Å². The number of anilines is 1. The second-order valence-electron chi connectivity index (χ2n) is 9.40. The summed E-state index contributed by atoms with van der Waals surface area (Å²) in [5.74, 6) is -1.39.